The number of nitrogens with one attached hydrogen (secondary N) is 1. The summed E-state index contributed by atoms with van der Waals surface area (Å²) < 4.78 is 4.51. The molecule has 1 amide bonds. The van der Waals surface area contributed by atoms with Crippen LogP contribution in [0.1, 0.15) is 18.6 Å². The second-order valence-electron chi connectivity index (χ2n) is 3.86. The molecule has 1 aromatic carbocycles. The van der Waals surface area contributed by atoms with Crippen molar-refractivity contribution in [2.75, 3.05) is 7.11 Å². The van der Waals surface area contributed by atoms with E-state index in [1.54, 1.807) is 0 Å². The summed E-state index contributed by atoms with van der Waals surface area (Å²) in [6.45, 7) is 1.21. The molecule has 0 radical (unpaired) electrons. The highest BCUT2D eigenvalue weighted by Crippen LogP contribution is 2.28. The van der Waals surface area contributed by atoms with Gasteiger partial charge in [0, 0.05) is 6.92 Å². The van der Waals surface area contributed by atoms with Crippen molar-refractivity contribution in [3.8, 4) is 5.75 Å². The normalized spacial score (nSPS) is 13.5. The summed E-state index contributed by atoms with van der Waals surface area (Å²) in [5.41, 5.74) is 0.270. The van der Waals surface area contributed by atoms with E-state index in [4.69, 9.17) is 11.6 Å². The van der Waals surface area contributed by atoms with Gasteiger partial charge in [0.1, 0.15) is 11.9 Å². The highest BCUT2D eigenvalue weighted by atomic mass is 35.5. The number of rotatable bonds is 4. The number of halogens is 1. The molecule has 0 aliphatic heterocycles. The monoisotopic (exact) mass is 287 g/mol. The molecule has 0 fully saturated rings. The minimum atomic E-state index is -1.34. The molecule has 0 heterocycles. The number of methoxy groups -OCH3 is 1. The lowest BCUT2D eigenvalue weighted by molar-refractivity contribution is -0.148. The first-order valence-corrected chi connectivity index (χ1v) is 5.76. The van der Waals surface area contributed by atoms with Crippen molar-refractivity contribution in [3.63, 3.8) is 0 Å². The molecule has 0 aliphatic carbocycles. The summed E-state index contributed by atoms with van der Waals surface area (Å²) in [4.78, 5) is 22.6. The first kappa shape index (κ1) is 15.3. The number of aliphatic hydroxyl groups excluding tert-OH is 1. The van der Waals surface area contributed by atoms with Crippen LogP contribution in [0.25, 0.3) is 0 Å². The number of hydrogen-bond acceptors (Lipinski definition) is 5. The fourth-order valence-electron chi connectivity index (χ4n) is 1.51. The van der Waals surface area contributed by atoms with Crippen LogP contribution >= 0.6 is 11.6 Å². The Morgan fingerprint density at radius 1 is 1.42 bits per heavy atom. The Bertz CT molecular complexity index is 491. The maximum absolute atomic E-state index is 11.5. The van der Waals surface area contributed by atoms with Gasteiger partial charge in [0.2, 0.25) is 5.91 Å². The Morgan fingerprint density at radius 2 is 2.05 bits per heavy atom. The van der Waals surface area contributed by atoms with Gasteiger partial charge in [0.15, 0.2) is 6.04 Å². The quantitative estimate of drug-likeness (QED) is 0.711. The second-order valence-corrected chi connectivity index (χ2v) is 4.26. The topological polar surface area (TPSA) is 95.9 Å². The van der Waals surface area contributed by atoms with Crippen LogP contribution < -0.4 is 5.32 Å². The molecule has 19 heavy (non-hydrogen) atoms. The Kier molecular flexibility index (Phi) is 5.14. The summed E-state index contributed by atoms with van der Waals surface area (Å²) in [5.74, 6) is -1.42. The molecule has 3 N–H and O–H groups in total. The number of aliphatic hydroxyl groups is 1. The van der Waals surface area contributed by atoms with Gasteiger partial charge >= 0.3 is 5.97 Å². The zero-order chi connectivity index (χ0) is 14.6. The number of amides is 1. The lowest BCUT2D eigenvalue weighted by Gasteiger charge is -2.21. The summed E-state index contributed by atoms with van der Waals surface area (Å²) in [6.07, 6.45) is -1.34. The van der Waals surface area contributed by atoms with E-state index in [0.29, 0.717) is 0 Å². The maximum atomic E-state index is 11.5. The molecule has 0 aromatic heterocycles. The lowest BCUT2D eigenvalue weighted by Crippen LogP contribution is -2.44. The predicted molar refractivity (Wildman–Crippen MR) is 67.7 cm³/mol. The van der Waals surface area contributed by atoms with Crippen LogP contribution in [-0.4, -0.2) is 35.2 Å². The number of aromatic hydroxyl groups is 1. The number of ether oxygens (including phenoxy) is 1. The zero-order valence-corrected chi connectivity index (χ0v) is 11.1. The summed E-state index contributed by atoms with van der Waals surface area (Å²) in [6, 6.07) is 2.73. The van der Waals surface area contributed by atoms with Crippen molar-refractivity contribution in [3.05, 3.63) is 28.8 Å². The zero-order valence-electron chi connectivity index (χ0n) is 10.4. The van der Waals surface area contributed by atoms with Gasteiger partial charge in [-0.2, -0.15) is 0 Å². The molecule has 1 aromatic rings. The van der Waals surface area contributed by atoms with Crippen LogP contribution in [0, 0.1) is 0 Å². The molecule has 0 spiro atoms. The Morgan fingerprint density at radius 3 is 2.53 bits per heavy atom. The van der Waals surface area contributed by atoms with Crippen molar-refractivity contribution in [2.45, 2.75) is 19.1 Å². The van der Waals surface area contributed by atoms with Crippen LogP contribution in [-0.2, 0) is 14.3 Å². The summed E-state index contributed by atoms with van der Waals surface area (Å²) in [5, 5.41) is 21.7. The van der Waals surface area contributed by atoms with Crippen LogP contribution in [0.4, 0.5) is 0 Å². The number of benzene rings is 1. The van der Waals surface area contributed by atoms with Crippen molar-refractivity contribution in [1.82, 2.24) is 5.32 Å². The van der Waals surface area contributed by atoms with E-state index in [2.05, 4.69) is 10.1 Å². The first-order chi connectivity index (χ1) is 8.86. The van der Waals surface area contributed by atoms with Gasteiger partial charge in [-0.1, -0.05) is 17.7 Å². The average molecular weight is 288 g/mol. The first-order valence-electron chi connectivity index (χ1n) is 5.38. The van der Waals surface area contributed by atoms with Gasteiger partial charge in [-0.25, -0.2) is 4.79 Å². The highest BCUT2D eigenvalue weighted by molar-refractivity contribution is 6.32. The number of esters is 1. The minimum Gasteiger partial charge on any atom is -0.506 e. The van der Waals surface area contributed by atoms with Gasteiger partial charge < -0.3 is 20.3 Å². The molecular formula is C12H14ClNO5. The van der Waals surface area contributed by atoms with Gasteiger partial charge in [0.05, 0.1) is 12.1 Å². The number of hydrogen-bond donors (Lipinski definition) is 3. The SMILES string of the molecule is COC(=O)[C@@H](NC(C)=O)[C@H](O)c1ccc(O)c(Cl)c1. The molecule has 7 heteroatoms. The number of phenols is 1. The van der Waals surface area contributed by atoms with Crippen LogP contribution in [0.3, 0.4) is 0 Å². The summed E-state index contributed by atoms with van der Waals surface area (Å²) in [7, 11) is 1.15. The average Bonchev–Trinajstić information content (AvgIpc) is 2.37. The molecular weight excluding hydrogens is 274 g/mol. The van der Waals surface area contributed by atoms with Crippen molar-refractivity contribution < 1.29 is 24.5 Å². The Labute approximate surface area is 114 Å². The van der Waals surface area contributed by atoms with E-state index in [1.165, 1.54) is 25.1 Å². The molecule has 0 bridgehead atoms. The number of phenolic OH excluding ortho intramolecular Hbond substituents is 1. The largest absolute Gasteiger partial charge is 0.506 e. The predicted octanol–water partition coefficient (Wildman–Crippen LogP) is 0.757. The molecule has 0 aliphatic rings. The molecule has 2 atom stereocenters. The second kappa shape index (κ2) is 6.40. The Balaban J connectivity index is 3.03. The van der Waals surface area contributed by atoms with E-state index < -0.39 is 24.0 Å². The minimum absolute atomic E-state index is 0.0305. The Hall–Kier alpha value is -1.79. The van der Waals surface area contributed by atoms with E-state index in [0.717, 1.165) is 7.11 Å². The van der Waals surface area contributed by atoms with Gasteiger partial charge in [-0.15, -0.1) is 0 Å². The van der Waals surface area contributed by atoms with Gasteiger partial charge in [-0.3, -0.25) is 4.79 Å². The molecule has 0 unspecified atom stereocenters. The molecule has 104 valence electrons. The van der Waals surface area contributed by atoms with Crippen molar-refractivity contribution in [2.24, 2.45) is 0 Å². The number of carbonyl (C=O) groups is 2. The molecule has 1 rings (SSSR count). The fourth-order valence-corrected chi connectivity index (χ4v) is 1.70. The van der Waals surface area contributed by atoms with Gasteiger partial charge in [0.25, 0.3) is 0 Å². The molecule has 0 saturated carbocycles. The third-order valence-electron chi connectivity index (χ3n) is 2.44. The summed E-state index contributed by atoms with van der Waals surface area (Å²) >= 11 is 5.72. The lowest BCUT2D eigenvalue weighted by atomic mass is 10.0. The highest BCUT2D eigenvalue weighted by Gasteiger charge is 2.30. The third kappa shape index (κ3) is 3.84. The smallest absolute Gasteiger partial charge is 0.331 e. The van der Waals surface area contributed by atoms with Crippen LogP contribution in [0.15, 0.2) is 18.2 Å². The van der Waals surface area contributed by atoms with Crippen molar-refractivity contribution >= 4 is 23.5 Å². The fraction of sp³-hybridized carbons (Fsp3) is 0.333. The van der Waals surface area contributed by atoms with Crippen molar-refractivity contribution in [1.29, 1.82) is 0 Å². The standard InChI is InChI=1S/C12H14ClNO5/c1-6(15)14-10(12(18)19-2)11(17)7-3-4-9(16)8(13)5-7/h3-5,10-11,16-17H,1-2H3,(H,14,15)/t10-,11+/m0/s1. The van der Waals surface area contributed by atoms with Crippen LogP contribution in [0.5, 0.6) is 5.75 Å². The van der Waals surface area contributed by atoms with E-state index in [1.807, 2.05) is 0 Å². The van der Waals surface area contributed by atoms with E-state index in [9.17, 15) is 19.8 Å². The van der Waals surface area contributed by atoms with E-state index in [-0.39, 0.29) is 16.3 Å². The third-order valence-corrected chi connectivity index (χ3v) is 2.75. The molecule has 6 nitrogen and oxygen atoms in total. The van der Waals surface area contributed by atoms with E-state index >= 15 is 0 Å². The maximum Gasteiger partial charge on any atom is 0.331 e. The van der Waals surface area contributed by atoms with Crippen LogP contribution in [0.2, 0.25) is 5.02 Å². The molecule has 0 saturated heterocycles. The van der Waals surface area contributed by atoms with Gasteiger partial charge in [-0.05, 0) is 17.7 Å². The number of carbonyl (C=O) groups excluding carboxylic acids is 2.